The summed E-state index contributed by atoms with van der Waals surface area (Å²) in [5, 5.41) is 3.50. The van der Waals surface area contributed by atoms with E-state index in [4.69, 9.17) is 13.6 Å². The summed E-state index contributed by atoms with van der Waals surface area (Å²) in [6.07, 6.45) is 1.50. The average molecular weight is 432 g/mol. The van der Waals surface area contributed by atoms with E-state index in [1.165, 1.54) is 17.2 Å². The highest BCUT2D eigenvalue weighted by atomic mass is 16.5. The predicted molar refractivity (Wildman–Crippen MR) is 117 cm³/mol. The number of carbonyl (C=O) groups is 2. The summed E-state index contributed by atoms with van der Waals surface area (Å²) in [5.41, 5.74) is 0.522. The monoisotopic (exact) mass is 432 g/mol. The van der Waals surface area contributed by atoms with Crippen LogP contribution in [0.2, 0.25) is 0 Å². The lowest BCUT2D eigenvalue weighted by Crippen LogP contribution is -2.40. The van der Waals surface area contributed by atoms with Crippen molar-refractivity contribution in [2.45, 2.75) is 6.54 Å². The van der Waals surface area contributed by atoms with Gasteiger partial charge in [0.25, 0.3) is 5.91 Å². The van der Waals surface area contributed by atoms with Gasteiger partial charge in [0.2, 0.25) is 5.91 Å². The molecule has 1 N–H and O–H groups in total. The first kappa shape index (κ1) is 20.9. The number of hydrogen-bond acceptors (Lipinski definition) is 6. The normalized spacial score (nSPS) is 10.6. The number of carbonyl (C=O) groups excluding carboxylic acids is 2. The molecule has 0 spiro atoms. The Hall–Kier alpha value is -4.33. The average Bonchev–Trinajstić information content (AvgIpc) is 3.30. The van der Waals surface area contributed by atoms with Gasteiger partial charge < -0.3 is 23.8 Å². The van der Waals surface area contributed by atoms with Gasteiger partial charge in [-0.25, -0.2) is 4.79 Å². The molecule has 0 unspecified atom stereocenters. The Morgan fingerprint density at radius 2 is 1.78 bits per heavy atom. The third kappa shape index (κ3) is 5.42. The van der Waals surface area contributed by atoms with E-state index in [2.05, 4.69) is 5.32 Å². The standard InChI is InChI=1S/C24H20N2O6/c27-22(25-18-5-2-1-3-6-18)15-26(14-20-7-4-12-30-20)23(28)16-31-19-10-8-17-9-11-24(29)32-21(17)13-19/h1-13H,14-16H2,(H,25,27). The summed E-state index contributed by atoms with van der Waals surface area (Å²) >= 11 is 0. The molecule has 32 heavy (non-hydrogen) atoms. The number of ether oxygens (including phenoxy) is 1. The molecule has 8 nitrogen and oxygen atoms in total. The smallest absolute Gasteiger partial charge is 0.336 e. The van der Waals surface area contributed by atoms with Crippen molar-refractivity contribution in [1.82, 2.24) is 4.90 Å². The van der Waals surface area contributed by atoms with Crippen molar-refractivity contribution < 1.29 is 23.2 Å². The molecule has 4 rings (SSSR count). The quantitative estimate of drug-likeness (QED) is 0.428. The van der Waals surface area contributed by atoms with Crippen LogP contribution in [0.4, 0.5) is 5.69 Å². The number of benzene rings is 2. The van der Waals surface area contributed by atoms with Gasteiger partial charge in [0.1, 0.15) is 23.6 Å². The molecule has 162 valence electrons. The Labute approximate surface area is 183 Å². The number of hydrogen-bond donors (Lipinski definition) is 1. The van der Waals surface area contributed by atoms with Gasteiger partial charge in [0, 0.05) is 23.2 Å². The van der Waals surface area contributed by atoms with Crippen LogP contribution in [0.3, 0.4) is 0 Å². The van der Waals surface area contributed by atoms with E-state index >= 15 is 0 Å². The summed E-state index contributed by atoms with van der Waals surface area (Å²) in [4.78, 5) is 38.1. The zero-order chi connectivity index (χ0) is 22.3. The number of para-hydroxylation sites is 1. The molecule has 0 aliphatic heterocycles. The summed E-state index contributed by atoms with van der Waals surface area (Å²) in [7, 11) is 0. The molecule has 0 bridgehead atoms. The van der Waals surface area contributed by atoms with Gasteiger partial charge in [-0.05, 0) is 42.5 Å². The van der Waals surface area contributed by atoms with Crippen LogP contribution in [0, 0.1) is 0 Å². The van der Waals surface area contributed by atoms with Crippen molar-refractivity contribution in [2.75, 3.05) is 18.5 Å². The van der Waals surface area contributed by atoms with Crippen LogP contribution in [0.5, 0.6) is 5.75 Å². The Bertz CT molecular complexity index is 1260. The summed E-state index contributed by atoms with van der Waals surface area (Å²) in [6, 6.07) is 20.3. The molecule has 0 atom stereocenters. The zero-order valence-electron chi connectivity index (χ0n) is 17.0. The van der Waals surface area contributed by atoms with Crippen LogP contribution < -0.4 is 15.7 Å². The molecule has 0 radical (unpaired) electrons. The highest BCUT2D eigenvalue weighted by Crippen LogP contribution is 2.19. The maximum Gasteiger partial charge on any atom is 0.336 e. The molecule has 2 amide bonds. The SMILES string of the molecule is O=C(CN(Cc1ccco1)C(=O)COc1ccc2ccc(=O)oc2c1)Nc1ccccc1. The Kier molecular flexibility index (Phi) is 6.31. The molecule has 0 saturated heterocycles. The molecule has 0 aliphatic carbocycles. The number of furan rings is 1. The largest absolute Gasteiger partial charge is 0.484 e. The molecule has 0 saturated carbocycles. The number of nitrogens with zero attached hydrogens (tertiary/aromatic N) is 1. The first-order chi connectivity index (χ1) is 15.6. The van der Waals surface area contributed by atoms with Gasteiger partial charge in [-0.1, -0.05) is 18.2 Å². The van der Waals surface area contributed by atoms with E-state index in [1.807, 2.05) is 6.07 Å². The van der Waals surface area contributed by atoms with Gasteiger partial charge in [-0.3, -0.25) is 9.59 Å². The van der Waals surface area contributed by atoms with Crippen LogP contribution in [0.15, 0.2) is 92.7 Å². The van der Waals surface area contributed by atoms with Crippen LogP contribution in [0.1, 0.15) is 5.76 Å². The number of nitrogens with one attached hydrogen (secondary N) is 1. The molecule has 8 heteroatoms. The first-order valence-electron chi connectivity index (χ1n) is 9.88. The minimum absolute atomic E-state index is 0.115. The lowest BCUT2D eigenvalue weighted by Gasteiger charge is -2.21. The van der Waals surface area contributed by atoms with E-state index in [-0.39, 0.29) is 25.6 Å². The Balaban J connectivity index is 1.43. The Morgan fingerprint density at radius 3 is 2.56 bits per heavy atom. The second-order valence-corrected chi connectivity index (χ2v) is 6.99. The van der Waals surface area contributed by atoms with Gasteiger partial charge in [0.15, 0.2) is 6.61 Å². The van der Waals surface area contributed by atoms with E-state index in [0.717, 1.165) is 5.39 Å². The third-order valence-electron chi connectivity index (χ3n) is 4.63. The summed E-state index contributed by atoms with van der Waals surface area (Å²) < 4.78 is 16.1. The maximum atomic E-state index is 12.9. The summed E-state index contributed by atoms with van der Waals surface area (Å²) in [5.74, 6) is 0.160. The third-order valence-corrected chi connectivity index (χ3v) is 4.63. The van der Waals surface area contributed by atoms with Crippen molar-refractivity contribution in [2.24, 2.45) is 0 Å². The molecule has 2 aromatic heterocycles. The van der Waals surface area contributed by atoms with E-state index < -0.39 is 11.5 Å². The molecule has 0 aliphatic rings. The second-order valence-electron chi connectivity index (χ2n) is 6.99. The number of rotatable bonds is 8. The number of fused-ring (bicyclic) bond motifs is 1. The minimum Gasteiger partial charge on any atom is -0.484 e. The molecule has 0 fully saturated rings. The van der Waals surface area contributed by atoms with E-state index in [1.54, 1.807) is 60.7 Å². The van der Waals surface area contributed by atoms with Gasteiger partial charge in [-0.2, -0.15) is 0 Å². The van der Waals surface area contributed by atoms with Crippen molar-refractivity contribution in [3.63, 3.8) is 0 Å². The molecule has 4 aromatic rings. The van der Waals surface area contributed by atoms with Gasteiger partial charge in [-0.15, -0.1) is 0 Å². The van der Waals surface area contributed by atoms with Gasteiger partial charge >= 0.3 is 5.63 Å². The topological polar surface area (TPSA) is 102 Å². The lowest BCUT2D eigenvalue weighted by atomic mass is 10.2. The second kappa shape index (κ2) is 9.65. The van der Waals surface area contributed by atoms with E-state index in [0.29, 0.717) is 22.8 Å². The summed E-state index contributed by atoms with van der Waals surface area (Å²) in [6.45, 7) is -0.365. The number of amides is 2. The molecule has 2 heterocycles. The van der Waals surface area contributed by atoms with Crippen LogP contribution in [0.25, 0.3) is 11.0 Å². The molecular formula is C24H20N2O6. The van der Waals surface area contributed by atoms with Gasteiger partial charge in [0.05, 0.1) is 12.8 Å². The number of anilines is 1. The van der Waals surface area contributed by atoms with Crippen LogP contribution in [-0.2, 0) is 16.1 Å². The van der Waals surface area contributed by atoms with Crippen molar-refractivity contribution in [3.05, 3.63) is 95.2 Å². The zero-order valence-corrected chi connectivity index (χ0v) is 17.0. The van der Waals surface area contributed by atoms with Crippen molar-refractivity contribution in [3.8, 4) is 5.75 Å². The predicted octanol–water partition coefficient (Wildman–Crippen LogP) is 3.43. The highest BCUT2D eigenvalue weighted by Gasteiger charge is 2.20. The maximum absolute atomic E-state index is 12.9. The molecular weight excluding hydrogens is 412 g/mol. The minimum atomic E-state index is -0.472. The lowest BCUT2D eigenvalue weighted by molar-refractivity contribution is -0.137. The fourth-order valence-corrected chi connectivity index (χ4v) is 3.09. The Morgan fingerprint density at radius 1 is 0.969 bits per heavy atom. The van der Waals surface area contributed by atoms with Crippen LogP contribution in [-0.4, -0.2) is 29.9 Å². The van der Waals surface area contributed by atoms with Crippen LogP contribution >= 0.6 is 0 Å². The fourth-order valence-electron chi connectivity index (χ4n) is 3.09. The van der Waals surface area contributed by atoms with E-state index in [9.17, 15) is 14.4 Å². The molecule has 2 aromatic carbocycles. The van der Waals surface area contributed by atoms with Crippen molar-refractivity contribution >= 4 is 28.5 Å². The highest BCUT2D eigenvalue weighted by molar-refractivity contribution is 5.94. The van der Waals surface area contributed by atoms with Crippen molar-refractivity contribution in [1.29, 1.82) is 0 Å². The fraction of sp³-hybridized carbons (Fsp3) is 0.125. The first-order valence-corrected chi connectivity index (χ1v) is 9.88.